The summed E-state index contributed by atoms with van der Waals surface area (Å²) in [5.41, 5.74) is -1.45. The van der Waals surface area contributed by atoms with E-state index in [0.717, 1.165) is 24.0 Å². The third-order valence-corrected chi connectivity index (χ3v) is 12.6. The Morgan fingerprint density at radius 3 is 2.45 bits per heavy atom. The third kappa shape index (κ3) is 8.42. The predicted molar refractivity (Wildman–Crippen MR) is 192 cm³/mol. The summed E-state index contributed by atoms with van der Waals surface area (Å²) < 4.78 is 44.7. The minimum Gasteiger partial charge on any atom is -0.497 e. The van der Waals surface area contributed by atoms with Crippen molar-refractivity contribution in [3.05, 3.63) is 41.5 Å². The Labute approximate surface area is 310 Å². The molecule has 3 fully saturated rings. The molecule has 290 valence electrons. The fourth-order valence-corrected chi connectivity index (χ4v) is 8.88. The lowest BCUT2D eigenvalue weighted by atomic mass is 9.99. The molecular formula is C37H51N5O10S. The Morgan fingerprint density at radius 1 is 1.02 bits per heavy atom. The van der Waals surface area contributed by atoms with Crippen molar-refractivity contribution in [3.63, 3.8) is 0 Å². The van der Waals surface area contributed by atoms with E-state index >= 15 is 0 Å². The van der Waals surface area contributed by atoms with Crippen LogP contribution in [0.4, 0.5) is 9.59 Å². The average Bonchev–Trinajstić information content (AvgIpc) is 3.92. The number of carbonyl (C=O) groups excluding carboxylic acids is 5. The van der Waals surface area contributed by atoms with Crippen LogP contribution in [0.25, 0.3) is 0 Å². The molecule has 1 aromatic carbocycles. The first-order valence-corrected chi connectivity index (χ1v) is 20.0. The molecule has 2 saturated carbocycles. The molecule has 5 amide bonds. The van der Waals surface area contributed by atoms with Gasteiger partial charge in [0.2, 0.25) is 21.8 Å². The van der Waals surface area contributed by atoms with Gasteiger partial charge in [0.05, 0.1) is 18.9 Å². The molecule has 3 aliphatic heterocycles. The van der Waals surface area contributed by atoms with E-state index in [0.29, 0.717) is 44.5 Å². The molecule has 1 aromatic rings. The van der Waals surface area contributed by atoms with E-state index in [2.05, 4.69) is 15.4 Å². The number of rotatable bonds is 6. The molecule has 0 bridgehead atoms. The van der Waals surface area contributed by atoms with E-state index in [1.807, 2.05) is 30.4 Å². The van der Waals surface area contributed by atoms with Crippen LogP contribution >= 0.6 is 0 Å². The quantitative estimate of drug-likeness (QED) is 0.363. The Bertz CT molecular complexity index is 1790. The summed E-state index contributed by atoms with van der Waals surface area (Å²) in [5, 5.41) is 4.90. The van der Waals surface area contributed by atoms with E-state index in [4.69, 9.17) is 14.2 Å². The summed E-state index contributed by atoms with van der Waals surface area (Å²) >= 11 is 0. The smallest absolute Gasteiger partial charge is 0.410 e. The highest BCUT2D eigenvalue weighted by molar-refractivity contribution is 7.91. The summed E-state index contributed by atoms with van der Waals surface area (Å²) in [4.78, 5) is 71.8. The number of sulfonamides is 1. The van der Waals surface area contributed by atoms with Gasteiger partial charge in [0.25, 0.3) is 5.91 Å². The molecule has 15 nitrogen and oxygen atoms in total. The van der Waals surface area contributed by atoms with Gasteiger partial charge in [-0.3, -0.25) is 24.0 Å². The number of carbonyl (C=O) groups is 5. The molecule has 16 heteroatoms. The zero-order valence-electron chi connectivity index (χ0n) is 31.1. The molecule has 0 aromatic heterocycles. The Balaban J connectivity index is 1.26. The summed E-state index contributed by atoms with van der Waals surface area (Å²) in [6.45, 7) is 7.38. The van der Waals surface area contributed by atoms with Crippen LogP contribution in [0.1, 0.15) is 96.6 Å². The van der Waals surface area contributed by atoms with Crippen LogP contribution in [0, 0.1) is 5.41 Å². The van der Waals surface area contributed by atoms with E-state index in [1.54, 1.807) is 34.8 Å². The van der Waals surface area contributed by atoms with E-state index in [-0.39, 0.29) is 25.8 Å². The van der Waals surface area contributed by atoms with Crippen molar-refractivity contribution in [2.24, 2.45) is 5.41 Å². The molecule has 3 N–H and O–H groups in total. The summed E-state index contributed by atoms with van der Waals surface area (Å²) in [7, 11) is -2.37. The minimum absolute atomic E-state index is 0.0816. The van der Waals surface area contributed by atoms with Gasteiger partial charge >= 0.3 is 12.2 Å². The van der Waals surface area contributed by atoms with Crippen molar-refractivity contribution in [1.82, 2.24) is 25.2 Å². The highest BCUT2D eigenvalue weighted by atomic mass is 32.2. The van der Waals surface area contributed by atoms with Crippen LogP contribution in [-0.2, 0) is 47.0 Å². The lowest BCUT2D eigenvalue weighted by Gasteiger charge is -2.31. The number of alkyl carbamates (subject to hydrolysis) is 1. The van der Waals surface area contributed by atoms with Crippen molar-refractivity contribution in [2.45, 2.75) is 133 Å². The van der Waals surface area contributed by atoms with Crippen LogP contribution in [-0.4, -0.2) is 96.4 Å². The lowest BCUT2D eigenvalue weighted by Crippen LogP contribution is -2.59. The molecule has 6 rings (SSSR count). The van der Waals surface area contributed by atoms with Crippen molar-refractivity contribution < 1.29 is 46.6 Å². The van der Waals surface area contributed by atoms with Gasteiger partial charge in [-0.25, -0.2) is 18.0 Å². The van der Waals surface area contributed by atoms with E-state index in [1.165, 1.54) is 9.80 Å². The van der Waals surface area contributed by atoms with Gasteiger partial charge in [0.1, 0.15) is 35.1 Å². The lowest BCUT2D eigenvalue weighted by molar-refractivity contribution is -0.141. The van der Waals surface area contributed by atoms with Crippen LogP contribution in [0.2, 0.25) is 0 Å². The normalized spacial score (nSPS) is 29.6. The maximum Gasteiger partial charge on any atom is 0.410 e. The second kappa shape index (κ2) is 14.5. The maximum absolute atomic E-state index is 14.4. The molecule has 53 heavy (non-hydrogen) atoms. The van der Waals surface area contributed by atoms with Gasteiger partial charge in [-0.1, -0.05) is 38.0 Å². The number of amides is 5. The van der Waals surface area contributed by atoms with Crippen LogP contribution in [0.15, 0.2) is 30.4 Å². The first-order chi connectivity index (χ1) is 24.9. The SMILES string of the molecule is COc1ccc2c(c1)CN(C(=O)O[C@@H]1CC3C(=O)N[C@]4(C(=O)NS(=O)(=O)C5CC5)CC4(C)/C=C\CCCCC[C@H](NC(=O)OC(C)(C)C)C(=O)N3C1)C2. The minimum atomic E-state index is -3.93. The fraction of sp³-hybridized carbons (Fsp3) is 0.649. The topological polar surface area (TPSA) is 190 Å². The number of hydrogen-bond acceptors (Lipinski definition) is 10. The zero-order valence-corrected chi connectivity index (χ0v) is 31.9. The van der Waals surface area contributed by atoms with Crippen molar-refractivity contribution in [2.75, 3.05) is 13.7 Å². The van der Waals surface area contributed by atoms with Gasteiger partial charge < -0.3 is 29.7 Å². The Hall–Kier alpha value is -4.34. The average molecular weight is 758 g/mol. The first-order valence-electron chi connectivity index (χ1n) is 18.4. The van der Waals surface area contributed by atoms with Gasteiger partial charge in [-0.2, -0.15) is 0 Å². The van der Waals surface area contributed by atoms with Crippen molar-refractivity contribution >= 4 is 39.9 Å². The highest BCUT2D eigenvalue weighted by Crippen LogP contribution is 2.58. The van der Waals surface area contributed by atoms with E-state index in [9.17, 15) is 32.4 Å². The largest absolute Gasteiger partial charge is 0.497 e. The number of ether oxygens (including phenoxy) is 3. The number of fused-ring (bicyclic) bond motifs is 3. The number of nitrogens with one attached hydrogen (secondary N) is 3. The molecule has 5 aliphatic rings. The fourth-order valence-electron chi connectivity index (χ4n) is 7.52. The number of methoxy groups -OCH3 is 1. The number of hydrogen-bond donors (Lipinski definition) is 3. The van der Waals surface area contributed by atoms with Gasteiger partial charge in [-0.05, 0) is 82.6 Å². The zero-order chi connectivity index (χ0) is 38.3. The maximum atomic E-state index is 14.4. The number of allylic oxidation sites excluding steroid dienone is 1. The molecule has 3 heterocycles. The molecule has 1 saturated heterocycles. The standard InChI is InChI=1S/C37H51N5O10S/c1-35(2,3)52-33(46)38-28-11-9-7-6-8-10-16-36(4)22-37(36,32(45)40-53(48,49)27-14-15-27)39-30(43)29-18-26(21-42(29)31(28)44)51-34(47)41-19-23-12-13-25(50-5)17-24(23)20-41/h10,12-13,16-17,26-29H,6-9,11,14-15,18-22H2,1-5H3,(H,38,46)(H,39,43)(H,40,45)/b16-10-/t26-,28+,29?,36?,37+/m1/s1. The molecule has 2 aliphatic carbocycles. The second-order valence-electron chi connectivity index (χ2n) is 16.1. The van der Waals surface area contributed by atoms with Crippen LogP contribution in [0.3, 0.4) is 0 Å². The van der Waals surface area contributed by atoms with Crippen molar-refractivity contribution in [1.29, 1.82) is 0 Å². The van der Waals surface area contributed by atoms with Crippen LogP contribution in [0.5, 0.6) is 5.75 Å². The summed E-state index contributed by atoms with van der Waals surface area (Å²) in [6, 6.07) is 3.31. The monoisotopic (exact) mass is 757 g/mol. The highest BCUT2D eigenvalue weighted by Gasteiger charge is 2.70. The Kier molecular flexibility index (Phi) is 10.5. The molecular weight excluding hydrogens is 706 g/mol. The Morgan fingerprint density at radius 2 is 1.75 bits per heavy atom. The predicted octanol–water partition coefficient (Wildman–Crippen LogP) is 3.40. The second-order valence-corrected chi connectivity index (χ2v) is 18.1. The summed E-state index contributed by atoms with van der Waals surface area (Å²) in [6.07, 6.45) is 5.48. The van der Waals surface area contributed by atoms with Crippen molar-refractivity contribution in [3.8, 4) is 5.75 Å². The molecule has 5 atom stereocenters. The van der Waals surface area contributed by atoms with Gasteiger partial charge in [-0.15, -0.1) is 0 Å². The van der Waals surface area contributed by atoms with Gasteiger partial charge in [0, 0.05) is 24.9 Å². The van der Waals surface area contributed by atoms with E-state index < -0.39 is 79.9 Å². The number of benzene rings is 1. The molecule has 0 spiro atoms. The molecule has 0 radical (unpaired) electrons. The summed E-state index contributed by atoms with van der Waals surface area (Å²) in [5.74, 6) is -1.42. The van der Waals surface area contributed by atoms with Gasteiger partial charge in [0.15, 0.2) is 0 Å². The molecule has 2 unspecified atom stereocenters. The van der Waals surface area contributed by atoms with Crippen LogP contribution < -0.4 is 20.1 Å². The number of nitrogens with zero attached hydrogens (tertiary/aromatic N) is 2. The first kappa shape index (κ1) is 38.4. The third-order valence-electron chi connectivity index (χ3n) is 10.8.